The van der Waals surface area contributed by atoms with Crippen molar-refractivity contribution in [2.24, 2.45) is 4.99 Å². The lowest BCUT2D eigenvalue weighted by molar-refractivity contribution is -0.870. The number of hydrogen-bond acceptors (Lipinski definition) is 5. The molecule has 0 aliphatic carbocycles. The first kappa shape index (κ1) is 24.3. The average Bonchev–Trinajstić information content (AvgIpc) is 2.99. The summed E-state index contributed by atoms with van der Waals surface area (Å²) in [6.07, 6.45) is 4.02. The van der Waals surface area contributed by atoms with Crippen molar-refractivity contribution in [1.82, 2.24) is 4.90 Å². The van der Waals surface area contributed by atoms with Crippen LogP contribution in [0.15, 0.2) is 34.2 Å². The lowest BCUT2D eigenvalue weighted by Crippen LogP contribution is -2.35. The average molecular weight is 412 g/mol. The Morgan fingerprint density at radius 3 is 2.18 bits per heavy atom. The molecule has 1 aromatic rings. The number of amides is 1. The van der Waals surface area contributed by atoms with Gasteiger partial charge < -0.3 is 9.04 Å². The van der Waals surface area contributed by atoms with E-state index in [1.54, 1.807) is 12.1 Å². The highest BCUT2D eigenvalue weighted by molar-refractivity contribution is 7.85. The van der Waals surface area contributed by atoms with Gasteiger partial charge in [0.15, 0.2) is 0 Å². The molecule has 0 fully saturated rings. The Balaban J connectivity index is 0.000000307. The first-order valence-corrected chi connectivity index (χ1v) is 11.0. The number of nitrogens with zero attached hydrogens (tertiary/aromatic N) is 3. The van der Waals surface area contributed by atoms with Crippen molar-refractivity contribution >= 4 is 21.9 Å². The topological polar surface area (TPSA) is 89.9 Å². The molecule has 1 aliphatic rings. The zero-order valence-corrected chi connectivity index (χ0v) is 18.5. The summed E-state index contributed by atoms with van der Waals surface area (Å²) < 4.78 is 32.2. The van der Waals surface area contributed by atoms with Gasteiger partial charge in [0.2, 0.25) is 5.91 Å². The maximum atomic E-state index is 11.9. The van der Waals surface area contributed by atoms with Gasteiger partial charge in [-0.25, -0.2) is 8.42 Å². The van der Waals surface area contributed by atoms with Crippen LogP contribution in [0, 0.1) is 6.92 Å². The SMILES string of the molecule is CC1=NCCN1C(=O)CCCCC[N+](C)(C)C.Cc1ccc(S(=O)(=O)[O-])cc1. The van der Waals surface area contributed by atoms with Gasteiger partial charge in [0, 0.05) is 13.0 Å². The molecule has 0 N–H and O–H groups in total. The van der Waals surface area contributed by atoms with Crippen LogP contribution in [0.3, 0.4) is 0 Å². The number of quaternary nitrogens is 1. The molecule has 1 amide bonds. The second kappa shape index (κ2) is 10.7. The molecule has 0 radical (unpaired) electrons. The number of carbonyl (C=O) groups excluding carboxylic acids is 1. The van der Waals surface area contributed by atoms with Crippen molar-refractivity contribution in [1.29, 1.82) is 0 Å². The van der Waals surface area contributed by atoms with Crippen LogP contribution < -0.4 is 0 Å². The van der Waals surface area contributed by atoms with Crippen LogP contribution >= 0.6 is 0 Å². The maximum Gasteiger partial charge on any atom is 0.227 e. The molecule has 2 rings (SSSR count). The molecule has 0 atom stereocenters. The largest absolute Gasteiger partial charge is 0.744 e. The van der Waals surface area contributed by atoms with Crippen LogP contribution in [-0.4, -0.2) is 74.9 Å². The number of aryl methyl sites for hydroxylation is 1. The fourth-order valence-electron chi connectivity index (χ4n) is 2.74. The summed E-state index contributed by atoms with van der Waals surface area (Å²) in [4.78, 5) is 17.7. The van der Waals surface area contributed by atoms with Crippen LogP contribution in [0.1, 0.15) is 38.2 Å². The third-order valence-electron chi connectivity index (χ3n) is 4.39. The minimum atomic E-state index is -4.27. The van der Waals surface area contributed by atoms with Gasteiger partial charge in [-0.05, 0) is 45.2 Å². The Hall–Kier alpha value is -1.77. The molecular weight excluding hydrogens is 378 g/mol. The molecule has 1 aromatic carbocycles. The molecule has 0 saturated carbocycles. The van der Waals surface area contributed by atoms with Gasteiger partial charge in [-0.1, -0.05) is 17.7 Å². The van der Waals surface area contributed by atoms with Crippen LogP contribution in [0.25, 0.3) is 0 Å². The molecule has 1 aliphatic heterocycles. The molecular formula is C20H33N3O4S. The van der Waals surface area contributed by atoms with E-state index in [4.69, 9.17) is 0 Å². The minimum Gasteiger partial charge on any atom is -0.744 e. The van der Waals surface area contributed by atoms with Gasteiger partial charge in [0.25, 0.3) is 0 Å². The lowest BCUT2D eigenvalue weighted by atomic mass is 10.1. The summed E-state index contributed by atoms with van der Waals surface area (Å²) in [7, 11) is 2.34. The molecule has 0 spiro atoms. The van der Waals surface area contributed by atoms with Crippen molar-refractivity contribution in [3.63, 3.8) is 0 Å². The molecule has 0 aromatic heterocycles. The van der Waals surface area contributed by atoms with Crippen molar-refractivity contribution < 1.29 is 22.2 Å². The van der Waals surface area contributed by atoms with Crippen molar-refractivity contribution in [3.05, 3.63) is 29.8 Å². The number of carbonyl (C=O) groups is 1. The Kier molecular flexibility index (Phi) is 9.26. The molecule has 1 heterocycles. The normalized spacial score (nSPS) is 14.4. The standard InChI is InChI=1S/C13H26N3O.C7H8O3S/c1-12-14-9-10-15(12)13(17)8-6-5-7-11-16(2,3)4;1-6-2-4-7(5-3-6)11(8,9)10/h5-11H2,1-4H3;2-5H,1H3,(H,8,9,10)/q+1;/p-1. The first-order valence-electron chi connectivity index (χ1n) is 9.54. The molecule has 8 heteroatoms. The molecule has 28 heavy (non-hydrogen) atoms. The molecule has 0 unspecified atom stereocenters. The van der Waals surface area contributed by atoms with Crippen LogP contribution in [-0.2, 0) is 14.9 Å². The third-order valence-corrected chi connectivity index (χ3v) is 5.23. The van der Waals surface area contributed by atoms with E-state index in [9.17, 15) is 17.8 Å². The summed E-state index contributed by atoms with van der Waals surface area (Å²) in [5, 5.41) is 0. The van der Waals surface area contributed by atoms with E-state index in [0.717, 1.165) is 41.8 Å². The van der Waals surface area contributed by atoms with Crippen molar-refractivity contribution in [2.45, 2.75) is 44.4 Å². The third kappa shape index (κ3) is 9.43. The Morgan fingerprint density at radius 2 is 1.71 bits per heavy atom. The Labute approximate surface area is 169 Å². The number of benzene rings is 1. The van der Waals surface area contributed by atoms with E-state index in [-0.39, 0.29) is 10.8 Å². The predicted octanol–water partition coefficient (Wildman–Crippen LogP) is 2.41. The van der Waals surface area contributed by atoms with E-state index in [0.29, 0.717) is 6.42 Å². The second-order valence-electron chi connectivity index (χ2n) is 8.07. The quantitative estimate of drug-likeness (QED) is 0.391. The monoisotopic (exact) mass is 411 g/mol. The van der Waals surface area contributed by atoms with E-state index in [1.807, 2.05) is 18.7 Å². The van der Waals surface area contributed by atoms with E-state index < -0.39 is 10.1 Å². The first-order chi connectivity index (χ1) is 12.9. The van der Waals surface area contributed by atoms with E-state index in [1.165, 1.54) is 25.1 Å². The van der Waals surface area contributed by atoms with Gasteiger partial charge in [0.1, 0.15) is 16.0 Å². The van der Waals surface area contributed by atoms with Crippen molar-refractivity contribution in [2.75, 3.05) is 40.8 Å². The second-order valence-corrected chi connectivity index (χ2v) is 9.45. The zero-order valence-electron chi connectivity index (χ0n) is 17.6. The summed E-state index contributed by atoms with van der Waals surface area (Å²) >= 11 is 0. The summed E-state index contributed by atoms with van der Waals surface area (Å²) in [5.41, 5.74) is 0.928. The van der Waals surface area contributed by atoms with Gasteiger partial charge in [-0.3, -0.25) is 14.7 Å². The maximum absolute atomic E-state index is 11.9. The summed E-state index contributed by atoms with van der Waals surface area (Å²) in [5.74, 6) is 1.13. The number of aliphatic imine (C=N–C) groups is 1. The minimum absolute atomic E-state index is 0.178. The van der Waals surface area contributed by atoms with E-state index in [2.05, 4.69) is 26.1 Å². The Bertz CT molecular complexity index is 766. The lowest BCUT2D eigenvalue weighted by Gasteiger charge is -2.23. The Morgan fingerprint density at radius 1 is 1.11 bits per heavy atom. The molecule has 158 valence electrons. The smallest absolute Gasteiger partial charge is 0.227 e. The van der Waals surface area contributed by atoms with Crippen LogP contribution in [0.4, 0.5) is 0 Å². The predicted molar refractivity (Wildman–Crippen MR) is 110 cm³/mol. The fraction of sp³-hybridized carbons (Fsp3) is 0.600. The van der Waals surface area contributed by atoms with E-state index >= 15 is 0 Å². The summed E-state index contributed by atoms with van der Waals surface area (Å²) in [6.45, 7) is 6.48. The number of unbranched alkanes of at least 4 members (excludes halogenated alkanes) is 2. The number of hydrogen-bond donors (Lipinski definition) is 0. The van der Waals surface area contributed by atoms with Crippen LogP contribution in [0.2, 0.25) is 0 Å². The van der Waals surface area contributed by atoms with Crippen molar-refractivity contribution in [3.8, 4) is 0 Å². The fourth-order valence-corrected chi connectivity index (χ4v) is 3.21. The zero-order chi connectivity index (χ0) is 21.4. The number of rotatable bonds is 7. The van der Waals surface area contributed by atoms with Gasteiger partial charge in [-0.2, -0.15) is 0 Å². The van der Waals surface area contributed by atoms with Gasteiger partial charge in [0.05, 0.1) is 39.1 Å². The molecule has 0 saturated heterocycles. The number of amidine groups is 1. The molecule has 7 nitrogen and oxygen atoms in total. The highest BCUT2D eigenvalue weighted by atomic mass is 32.2. The summed E-state index contributed by atoms with van der Waals surface area (Å²) in [6, 6.07) is 5.78. The van der Waals surface area contributed by atoms with Gasteiger partial charge in [-0.15, -0.1) is 0 Å². The highest BCUT2D eigenvalue weighted by Crippen LogP contribution is 2.09. The highest BCUT2D eigenvalue weighted by Gasteiger charge is 2.19. The van der Waals surface area contributed by atoms with Gasteiger partial charge >= 0.3 is 0 Å². The molecule has 0 bridgehead atoms. The van der Waals surface area contributed by atoms with Crippen LogP contribution in [0.5, 0.6) is 0 Å².